The maximum absolute atomic E-state index is 12.5. The van der Waals surface area contributed by atoms with Crippen LogP contribution in [0, 0.1) is 11.3 Å². The molecular weight excluding hydrogens is 332 g/mol. The molecule has 0 aromatic heterocycles. The van der Waals surface area contributed by atoms with Crippen molar-refractivity contribution in [2.24, 2.45) is 0 Å². The lowest BCUT2D eigenvalue weighted by atomic mass is 10.0. The summed E-state index contributed by atoms with van der Waals surface area (Å²) in [5.41, 5.74) is 1.14. The fourth-order valence-corrected chi connectivity index (χ4v) is 2.92. The fourth-order valence-electron chi connectivity index (χ4n) is 2.92. The Hall–Kier alpha value is -2.85. The maximum Gasteiger partial charge on any atom is 0.335 e. The smallest absolute Gasteiger partial charge is 0.335 e. The van der Waals surface area contributed by atoms with Gasteiger partial charge in [-0.1, -0.05) is 12.1 Å². The molecule has 1 amide bonds. The summed E-state index contributed by atoms with van der Waals surface area (Å²) in [4.78, 5) is 27.3. The van der Waals surface area contributed by atoms with Gasteiger partial charge in [-0.15, -0.1) is 0 Å². The molecule has 1 saturated heterocycles. The minimum Gasteiger partial charge on any atom is -0.478 e. The Morgan fingerprint density at radius 3 is 2.50 bits per heavy atom. The number of nitriles is 1. The van der Waals surface area contributed by atoms with Gasteiger partial charge in [-0.3, -0.25) is 4.79 Å². The number of carbonyl (C=O) groups is 2. The third kappa shape index (κ3) is 5.07. The highest BCUT2D eigenvalue weighted by molar-refractivity contribution is 5.97. The molecule has 26 heavy (non-hydrogen) atoms. The van der Waals surface area contributed by atoms with Gasteiger partial charge in [-0.2, -0.15) is 5.26 Å². The van der Waals surface area contributed by atoms with Crippen molar-refractivity contribution in [3.63, 3.8) is 0 Å². The van der Waals surface area contributed by atoms with Crippen molar-refractivity contribution in [2.75, 3.05) is 27.2 Å². The summed E-state index contributed by atoms with van der Waals surface area (Å²) >= 11 is 0. The first-order chi connectivity index (χ1) is 12.4. The third-order valence-electron chi connectivity index (χ3n) is 4.66. The zero-order valence-corrected chi connectivity index (χ0v) is 15.1. The first-order valence-corrected chi connectivity index (χ1v) is 8.54. The van der Waals surface area contributed by atoms with Crippen LogP contribution in [0.25, 0.3) is 0 Å². The molecule has 1 aromatic carbocycles. The highest BCUT2D eigenvalue weighted by Crippen LogP contribution is 2.16. The van der Waals surface area contributed by atoms with E-state index in [1.54, 1.807) is 24.1 Å². The van der Waals surface area contributed by atoms with Crippen molar-refractivity contribution in [1.29, 1.82) is 5.26 Å². The number of hydrogen-bond donors (Lipinski definition) is 2. The molecule has 0 spiro atoms. The van der Waals surface area contributed by atoms with Crippen LogP contribution in [0.2, 0.25) is 0 Å². The van der Waals surface area contributed by atoms with Crippen molar-refractivity contribution in [1.82, 2.24) is 15.1 Å². The molecule has 1 aromatic rings. The average Bonchev–Trinajstić information content (AvgIpc) is 2.65. The van der Waals surface area contributed by atoms with E-state index < -0.39 is 5.97 Å². The first-order valence-electron chi connectivity index (χ1n) is 8.54. The Bertz CT molecular complexity index is 713. The lowest BCUT2D eigenvalue weighted by Gasteiger charge is -2.34. The standard InChI is InChI=1S/C19H24N4O3/c1-22-9-7-17(8-10-22)23(2)18(24)16(11-20)13-21-12-14-3-5-15(6-4-14)19(25)26/h3-6,13,17,21H,7-10,12H2,1-2H3,(H,25,26)/b16-13-. The number of nitrogens with zero attached hydrogens (tertiary/aromatic N) is 3. The molecule has 1 fully saturated rings. The van der Waals surface area contributed by atoms with Gasteiger partial charge >= 0.3 is 5.97 Å². The van der Waals surface area contributed by atoms with Crippen molar-refractivity contribution >= 4 is 11.9 Å². The number of rotatable bonds is 6. The number of piperidine rings is 1. The predicted octanol–water partition coefficient (Wildman–Crippen LogP) is 1.43. The quantitative estimate of drug-likeness (QED) is 0.591. The number of carboxylic acids is 1. The molecule has 1 aliphatic heterocycles. The molecule has 0 radical (unpaired) electrons. The fraction of sp³-hybridized carbons (Fsp3) is 0.421. The van der Waals surface area contributed by atoms with E-state index in [-0.39, 0.29) is 23.1 Å². The van der Waals surface area contributed by atoms with E-state index in [9.17, 15) is 14.9 Å². The Morgan fingerprint density at radius 1 is 1.35 bits per heavy atom. The van der Waals surface area contributed by atoms with E-state index in [1.807, 2.05) is 6.07 Å². The molecule has 0 atom stereocenters. The summed E-state index contributed by atoms with van der Waals surface area (Å²) in [5, 5.41) is 21.1. The number of likely N-dealkylation sites (N-methyl/N-ethyl adjacent to an activating group) is 1. The molecule has 0 saturated carbocycles. The zero-order valence-electron chi connectivity index (χ0n) is 15.1. The van der Waals surface area contributed by atoms with Crippen molar-refractivity contribution in [3.05, 3.63) is 47.2 Å². The summed E-state index contributed by atoms with van der Waals surface area (Å²) < 4.78 is 0. The molecular formula is C19H24N4O3. The van der Waals surface area contributed by atoms with Gasteiger partial charge in [0.1, 0.15) is 11.6 Å². The molecule has 2 rings (SSSR count). The van der Waals surface area contributed by atoms with Gasteiger partial charge in [0.25, 0.3) is 5.91 Å². The Kier molecular flexibility index (Phi) is 6.75. The van der Waals surface area contributed by atoms with Crippen LogP contribution >= 0.6 is 0 Å². The number of benzene rings is 1. The van der Waals surface area contributed by atoms with Crippen LogP contribution < -0.4 is 5.32 Å². The molecule has 0 aliphatic carbocycles. The number of hydrogen-bond acceptors (Lipinski definition) is 5. The first kappa shape index (κ1) is 19.5. The van der Waals surface area contributed by atoms with E-state index in [2.05, 4.69) is 17.3 Å². The van der Waals surface area contributed by atoms with E-state index >= 15 is 0 Å². The molecule has 2 N–H and O–H groups in total. The zero-order chi connectivity index (χ0) is 19.1. The summed E-state index contributed by atoms with van der Waals surface area (Å²) in [5.74, 6) is -1.26. The van der Waals surface area contributed by atoms with Crippen molar-refractivity contribution < 1.29 is 14.7 Å². The SMILES string of the molecule is CN1CCC(N(C)C(=O)/C(C#N)=C\NCc2ccc(C(=O)O)cc2)CC1. The Labute approximate surface area is 153 Å². The second-order valence-electron chi connectivity index (χ2n) is 6.50. The van der Waals surface area contributed by atoms with Gasteiger partial charge in [0.15, 0.2) is 0 Å². The molecule has 1 aliphatic rings. The summed E-state index contributed by atoms with van der Waals surface area (Å²) in [6, 6.07) is 8.55. The number of aromatic carboxylic acids is 1. The lowest BCUT2D eigenvalue weighted by Crippen LogP contribution is -2.45. The topological polar surface area (TPSA) is 96.7 Å². The predicted molar refractivity (Wildman–Crippen MR) is 97.2 cm³/mol. The lowest BCUT2D eigenvalue weighted by molar-refractivity contribution is -0.128. The largest absolute Gasteiger partial charge is 0.478 e. The van der Waals surface area contributed by atoms with Gasteiger partial charge in [0.05, 0.1) is 5.56 Å². The van der Waals surface area contributed by atoms with E-state index in [1.165, 1.54) is 18.3 Å². The normalized spacial score (nSPS) is 16.0. The van der Waals surface area contributed by atoms with Crippen LogP contribution in [0.15, 0.2) is 36.0 Å². The highest BCUT2D eigenvalue weighted by atomic mass is 16.4. The molecule has 1 heterocycles. The van der Waals surface area contributed by atoms with Crippen LogP contribution in [0.1, 0.15) is 28.8 Å². The minimum absolute atomic E-state index is 0.0635. The van der Waals surface area contributed by atoms with Gasteiger partial charge in [-0.25, -0.2) is 4.79 Å². The Morgan fingerprint density at radius 2 is 1.96 bits per heavy atom. The second kappa shape index (κ2) is 9.02. The molecule has 0 unspecified atom stereocenters. The van der Waals surface area contributed by atoms with Crippen LogP contribution in [-0.2, 0) is 11.3 Å². The number of carbonyl (C=O) groups excluding carboxylic acids is 1. The third-order valence-corrected chi connectivity index (χ3v) is 4.66. The van der Waals surface area contributed by atoms with Gasteiger partial charge in [0.2, 0.25) is 0 Å². The molecule has 138 valence electrons. The van der Waals surface area contributed by atoms with Gasteiger partial charge in [-0.05, 0) is 50.7 Å². The second-order valence-corrected chi connectivity index (χ2v) is 6.50. The summed E-state index contributed by atoms with van der Waals surface area (Å²) in [7, 11) is 3.81. The molecule has 0 bridgehead atoms. The maximum atomic E-state index is 12.5. The monoisotopic (exact) mass is 356 g/mol. The van der Waals surface area contributed by atoms with Crippen LogP contribution in [0.3, 0.4) is 0 Å². The van der Waals surface area contributed by atoms with Crippen molar-refractivity contribution in [3.8, 4) is 6.07 Å². The molecule has 7 heteroatoms. The number of amides is 1. The van der Waals surface area contributed by atoms with E-state index in [4.69, 9.17) is 5.11 Å². The van der Waals surface area contributed by atoms with Gasteiger partial charge in [0, 0.05) is 25.8 Å². The van der Waals surface area contributed by atoms with Crippen LogP contribution in [-0.4, -0.2) is 60.0 Å². The Balaban J connectivity index is 1.93. The van der Waals surface area contributed by atoms with Crippen LogP contribution in [0.5, 0.6) is 0 Å². The van der Waals surface area contributed by atoms with Crippen LogP contribution in [0.4, 0.5) is 0 Å². The minimum atomic E-state index is -0.973. The number of carboxylic acid groups (broad SMARTS) is 1. The highest BCUT2D eigenvalue weighted by Gasteiger charge is 2.25. The summed E-state index contributed by atoms with van der Waals surface area (Å²) in [6.45, 7) is 2.28. The average molecular weight is 356 g/mol. The molecule has 7 nitrogen and oxygen atoms in total. The summed E-state index contributed by atoms with van der Waals surface area (Å²) in [6.07, 6.45) is 3.24. The van der Waals surface area contributed by atoms with E-state index in [0.717, 1.165) is 31.5 Å². The van der Waals surface area contributed by atoms with E-state index in [0.29, 0.717) is 6.54 Å². The number of nitrogens with one attached hydrogen (secondary N) is 1. The van der Waals surface area contributed by atoms with Gasteiger partial charge < -0.3 is 20.2 Å². The number of likely N-dealkylation sites (tertiary alicyclic amines) is 1. The van der Waals surface area contributed by atoms with Crippen molar-refractivity contribution in [2.45, 2.75) is 25.4 Å².